The zero-order chi connectivity index (χ0) is 26.2. The highest BCUT2D eigenvalue weighted by molar-refractivity contribution is 6.33. The standard InChI is InChI=1S/C25H32ClN3O6/c1-8-29-22(21(26)16(2)28-29)23(34-15-35-24(31)33-14-20(30)32-7)19(13-27-6)17-9-11-18(12-10-17)25(3,4)5/h9-13H,8,14-15H2,1-7H3/b23-19-,27-13?. The molecule has 2 aromatic rings. The number of carbonyl (C=O) groups excluding carboxylic acids is 2. The quantitative estimate of drug-likeness (QED) is 0.204. The Bertz CT molecular complexity index is 1100. The number of nitrogens with zero attached hydrogens (tertiary/aromatic N) is 3. The predicted molar refractivity (Wildman–Crippen MR) is 134 cm³/mol. The van der Waals surface area contributed by atoms with Crippen LogP contribution < -0.4 is 0 Å². The van der Waals surface area contributed by atoms with Gasteiger partial charge in [-0.3, -0.25) is 9.67 Å². The first kappa shape index (κ1) is 27.9. The van der Waals surface area contributed by atoms with Crippen molar-refractivity contribution >= 4 is 41.3 Å². The van der Waals surface area contributed by atoms with E-state index in [0.29, 0.717) is 34.3 Å². The molecule has 190 valence electrons. The molecule has 0 radical (unpaired) electrons. The number of ether oxygens (including phenoxy) is 4. The van der Waals surface area contributed by atoms with Gasteiger partial charge in [-0.15, -0.1) is 0 Å². The molecule has 0 fully saturated rings. The smallest absolute Gasteiger partial charge is 0.466 e. The van der Waals surface area contributed by atoms with Gasteiger partial charge >= 0.3 is 12.1 Å². The van der Waals surface area contributed by atoms with Crippen LogP contribution in [0.4, 0.5) is 4.79 Å². The molecule has 0 aliphatic carbocycles. The van der Waals surface area contributed by atoms with E-state index in [1.807, 2.05) is 31.2 Å². The molecule has 0 saturated heterocycles. The first-order chi connectivity index (χ1) is 16.5. The monoisotopic (exact) mass is 505 g/mol. The number of rotatable bonds is 9. The van der Waals surface area contributed by atoms with E-state index in [4.69, 9.17) is 25.8 Å². The molecule has 0 unspecified atom stereocenters. The number of carbonyl (C=O) groups is 2. The Morgan fingerprint density at radius 3 is 2.34 bits per heavy atom. The van der Waals surface area contributed by atoms with Crippen molar-refractivity contribution in [3.63, 3.8) is 0 Å². The van der Waals surface area contributed by atoms with Crippen LogP contribution >= 0.6 is 11.6 Å². The van der Waals surface area contributed by atoms with Crippen molar-refractivity contribution in [1.82, 2.24) is 9.78 Å². The van der Waals surface area contributed by atoms with Gasteiger partial charge in [0, 0.05) is 25.4 Å². The predicted octanol–water partition coefficient (Wildman–Crippen LogP) is 5.03. The number of aliphatic imine (C=N–C) groups is 1. The minimum absolute atomic E-state index is 0.0137. The van der Waals surface area contributed by atoms with Crippen LogP contribution in [0.3, 0.4) is 0 Å². The van der Waals surface area contributed by atoms with E-state index in [2.05, 4.69) is 35.6 Å². The topological polar surface area (TPSA) is 101 Å². The second kappa shape index (κ2) is 12.4. The van der Waals surface area contributed by atoms with Crippen molar-refractivity contribution in [1.29, 1.82) is 0 Å². The average molecular weight is 506 g/mol. The zero-order valence-corrected chi connectivity index (χ0v) is 21.9. The molecule has 0 bridgehead atoms. The Morgan fingerprint density at radius 1 is 1.14 bits per heavy atom. The SMILES string of the molecule is CCn1nc(C)c(Cl)c1/C(OCOC(=O)OCC(=O)OC)=C(\C=NC)c1ccc(C(C)(C)C)cc1. The first-order valence-electron chi connectivity index (χ1n) is 11.0. The lowest BCUT2D eigenvalue weighted by Crippen LogP contribution is -2.17. The Morgan fingerprint density at radius 2 is 1.80 bits per heavy atom. The highest BCUT2D eigenvalue weighted by atomic mass is 35.5. The van der Waals surface area contributed by atoms with E-state index in [0.717, 1.165) is 5.56 Å². The van der Waals surface area contributed by atoms with Crippen molar-refractivity contribution < 1.29 is 28.5 Å². The summed E-state index contributed by atoms with van der Waals surface area (Å²) in [4.78, 5) is 27.2. The molecule has 0 aliphatic rings. The van der Waals surface area contributed by atoms with Crippen LogP contribution in [0.15, 0.2) is 29.3 Å². The third-order valence-corrected chi connectivity index (χ3v) is 5.50. The van der Waals surface area contributed by atoms with Gasteiger partial charge in [-0.2, -0.15) is 5.10 Å². The summed E-state index contributed by atoms with van der Waals surface area (Å²) < 4.78 is 21.8. The number of aryl methyl sites for hydroxylation is 2. The molecule has 1 heterocycles. The van der Waals surface area contributed by atoms with Crippen molar-refractivity contribution in [2.75, 3.05) is 27.6 Å². The molecule has 0 saturated carbocycles. The van der Waals surface area contributed by atoms with E-state index < -0.39 is 25.5 Å². The summed E-state index contributed by atoms with van der Waals surface area (Å²) in [6.07, 6.45) is 0.566. The van der Waals surface area contributed by atoms with Crippen molar-refractivity contribution in [3.8, 4) is 0 Å². The van der Waals surface area contributed by atoms with Gasteiger partial charge in [0.1, 0.15) is 5.69 Å². The lowest BCUT2D eigenvalue weighted by Gasteiger charge is -2.20. The van der Waals surface area contributed by atoms with Gasteiger partial charge in [0.15, 0.2) is 12.4 Å². The summed E-state index contributed by atoms with van der Waals surface area (Å²) in [5, 5.41) is 4.88. The second-order valence-corrected chi connectivity index (χ2v) is 8.92. The van der Waals surface area contributed by atoms with Crippen molar-refractivity contribution in [3.05, 3.63) is 51.8 Å². The maximum atomic E-state index is 11.9. The maximum absolute atomic E-state index is 11.9. The average Bonchev–Trinajstić information content (AvgIpc) is 3.11. The summed E-state index contributed by atoms with van der Waals surface area (Å²) in [5.41, 5.74) is 3.74. The third-order valence-electron chi connectivity index (χ3n) is 5.05. The lowest BCUT2D eigenvalue weighted by molar-refractivity contribution is -0.145. The lowest BCUT2D eigenvalue weighted by atomic mass is 9.86. The Labute approximate surface area is 210 Å². The van der Waals surface area contributed by atoms with Crippen LogP contribution in [-0.2, 0) is 35.7 Å². The molecule has 35 heavy (non-hydrogen) atoms. The Balaban J connectivity index is 2.50. The molecular formula is C25H32ClN3O6. The molecule has 0 spiro atoms. The number of allylic oxidation sites excluding steroid dienone is 1. The zero-order valence-electron chi connectivity index (χ0n) is 21.2. The number of hydrogen-bond acceptors (Lipinski definition) is 8. The molecule has 0 amide bonds. The van der Waals surface area contributed by atoms with Crippen molar-refractivity contribution in [2.24, 2.45) is 4.99 Å². The molecule has 0 atom stereocenters. The molecule has 0 aliphatic heterocycles. The molecular weight excluding hydrogens is 474 g/mol. The van der Waals surface area contributed by atoms with Crippen LogP contribution in [0.5, 0.6) is 0 Å². The van der Waals surface area contributed by atoms with E-state index in [-0.39, 0.29) is 5.41 Å². The van der Waals surface area contributed by atoms with Gasteiger partial charge in [-0.1, -0.05) is 56.6 Å². The van der Waals surface area contributed by atoms with E-state index in [1.54, 1.807) is 24.9 Å². The number of halogens is 1. The number of aromatic nitrogens is 2. The van der Waals surface area contributed by atoms with Gasteiger partial charge in [0.05, 0.1) is 17.8 Å². The molecule has 2 rings (SSSR count). The largest absolute Gasteiger partial charge is 0.511 e. The molecule has 1 aromatic heterocycles. The normalized spacial score (nSPS) is 12.3. The summed E-state index contributed by atoms with van der Waals surface area (Å²) in [6, 6.07) is 8.03. The molecule has 1 aromatic carbocycles. The number of esters is 1. The van der Waals surface area contributed by atoms with Gasteiger partial charge in [-0.25, -0.2) is 9.59 Å². The molecule has 10 heteroatoms. The number of benzene rings is 1. The molecule has 0 N–H and O–H groups in total. The summed E-state index contributed by atoms with van der Waals surface area (Å²) in [7, 11) is 2.83. The fourth-order valence-corrected chi connectivity index (χ4v) is 3.40. The van der Waals surface area contributed by atoms with Crippen LogP contribution in [0.25, 0.3) is 11.3 Å². The van der Waals surface area contributed by atoms with Gasteiger partial charge < -0.3 is 18.9 Å². The van der Waals surface area contributed by atoms with Crippen LogP contribution in [-0.4, -0.2) is 55.7 Å². The Hall–Kier alpha value is -3.33. The summed E-state index contributed by atoms with van der Waals surface area (Å²) in [5.74, 6) is -0.384. The highest BCUT2D eigenvalue weighted by Gasteiger charge is 2.23. The molecule has 9 nitrogen and oxygen atoms in total. The van der Waals surface area contributed by atoms with E-state index in [9.17, 15) is 9.59 Å². The fourth-order valence-electron chi connectivity index (χ4n) is 3.18. The van der Waals surface area contributed by atoms with Crippen LogP contribution in [0.2, 0.25) is 5.02 Å². The van der Waals surface area contributed by atoms with E-state index >= 15 is 0 Å². The van der Waals surface area contributed by atoms with Crippen LogP contribution in [0, 0.1) is 6.92 Å². The van der Waals surface area contributed by atoms with Crippen molar-refractivity contribution in [2.45, 2.75) is 46.6 Å². The van der Waals surface area contributed by atoms with Crippen LogP contribution in [0.1, 0.15) is 50.2 Å². The maximum Gasteiger partial charge on any atom is 0.511 e. The van der Waals surface area contributed by atoms with Gasteiger partial charge in [0.25, 0.3) is 0 Å². The number of hydrogen-bond donors (Lipinski definition) is 0. The first-order valence-corrected chi connectivity index (χ1v) is 11.4. The Kier molecular flexibility index (Phi) is 9.89. The summed E-state index contributed by atoms with van der Waals surface area (Å²) >= 11 is 6.62. The minimum atomic E-state index is -1.08. The number of methoxy groups -OCH3 is 1. The summed E-state index contributed by atoms with van der Waals surface area (Å²) in [6.45, 7) is 9.59. The third kappa shape index (κ3) is 7.32. The highest BCUT2D eigenvalue weighted by Crippen LogP contribution is 2.34. The minimum Gasteiger partial charge on any atom is -0.466 e. The second-order valence-electron chi connectivity index (χ2n) is 8.54. The fraction of sp³-hybridized carbons (Fsp3) is 0.440. The van der Waals surface area contributed by atoms with Gasteiger partial charge in [0.2, 0.25) is 6.79 Å². The van der Waals surface area contributed by atoms with E-state index in [1.165, 1.54) is 12.7 Å². The van der Waals surface area contributed by atoms with Gasteiger partial charge in [-0.05, 0) is 30.4 Å².